The molecule has 0 radical (unpaired) electrons. The molecule has 0 aliphatic carbocycles. The van der Waals surface area contributed by atoms with E-state index in [1.165, 1.54) is 16.0 Å². The van der Waals surface area contributed by atoms with Crippen LogP contribution in [-0.4, -0.2) is 9.97 Å². The highest BCUT2D eigenvalue weighted by Crippen LogP contribution is 2.31. The summed E-state index contributed by atoms with van der Waals surface area (Å²) in [5, 5.41) is 0.984. The monoisotopic (exact) mass is 336 g/mol. The van der Waals surface area contributed by atoms with Crippen molar-refractivity contribution < 1.29 is 0 Å². The standard InChI is InChI=1S/C15H17BrN2S/c1-9(2)15-17-13(16)8-14(18-15)19-12-6-5-10(3)7-11(12)4/h5-9H,1-4H3. The van der Waals surface area contributed by atoms with Crippen LogP contribution in [-0.2, 0) is 0 Å². The van der Waals surface area contributed by atoms with E-state index in [2.05, 4.69) is 71.8 Å². The fourth-order valence-electron chi connectivity index (χ4n) is 1.75. The zero-order chi connectivity index (χ0) is 14.0. The Bertz CT molecular complexity index is 597. The van der Waals surface area contributed by atoms with Gasteiger partial charge in [-0.05, 0) is 41.4 Å². The summed E-state index contributed by atoms with van der Waals surface area (Å²) in [7, 11) is 0. The Labute approximate surface area is 127 Å². The fourth-order valence-corrected chi connectivity index (χ4v) is 3.19. The van der Waals surface area contributed by atoms with E-state index >= 15 is 0 Å². The molecule has 19 heavy (non-hydrogen) atoms. The second-order valence-corrected chi connectivity index (χ2v) is 6.79. The molecule has 2 nitrogen and oxygen atoms in total. The minimum absolute atomic E-state index is 0.330. The number of halogens is 1. The van der Waals surface area contributed by atoms with Crippen LogP contribution in [0.15, 0.2) is 38.8 Å². The van der Waals surface area contributed by atoms with Crippen molar-refractivity contribution in [1.82, 2.24) is 9.97 Å². The molecular formula is C15H17BrN2S. The van der Waals surface area contributed by atoms with Gasteiger partial charge in [-0.3, -0.25) is 0 Å². The van der Waals surface area contributed by atoms with E-state index in [1.54, 1.807) is 11.8 Å². The van der Waals surface area contributed by atoms with Crippen LogP contribution in [0, 0.1) is 13.8 Å². The molecule has 4 heteroatoms. The van der Waals surface area contributed by atoms with E-state index in [1.807, 2.05) is 6.07 Å². The summed E-state index contributed by atoms with van der Waals surface area (Å²) >= 11 is 5.15. The third-order valence-electron chi connectivity index (χ3n) is 2.75. The lowest BCUT2D eigenvalue weighted by molar-refractivity contribution is 0.747. The molecule has 0 aliphatic heterocycles. The van der Waals surface area contributed by atoms with E-state index < -0.39 is 0 Å². The summed E-state index contributed by atoms with van der Waals surface area (Å²) in [4.78, 5) is 10.3. The van der Waals surface area contributed by atoms with Crippen LogP contribution in [0.4, 0.5) is 0 Å². The molecule has 1 heterocycles. The molecule has 0 spiro atoms. The van der Waals surface area contributed by atoms with Crippen LogP contribution >= 0.6 is 27.7 Å². The molecule has 0 saturated heterocycles. The van der Waals surface area contributed by atoms with Crippen molar-refractivity contribution >= 4 is 27.7 Å². The Morgan fingerprint density at radius 1 is 1.11 bits per heavy atom. The molecule has 1 aromatic carbocycles. The minimum Gasteiger partial charge on any atom is -0.226 e. The highest BCUT2D eigenvalue weighted by molar-refractivity contribution is 9.10. The summed E-state index contributed by atoms with van der Waals surface area (Å²) in [5.41, 5.74) is 2.57. The second kappa shape index (κ2) is 6.06. The van der Waals surface area contributed by atoms with Gasteiger partial charge < -0.3 is 0 Å². The van der Waals surface area contributed by atoms with Crippen molar-refractivity contribution in [2.24, 2.45) is 0 Å². The zero-order valence-corrected chi connectivity index (χ0v) is 14.0. The predicted molar refractivity (Wildman–Crippen MR) is 83.9 cm³/mol. The van der Waals surface area contributed by atoms with Gasteiger partial charge in [0, 0.05) is 16.9 Å². The van der Waals surface area contributed by atoms with Crippen LogP contribution in [0.5, 0.6) is 0 Å². The van der Waals surface area contributed by atoms with Crippen molar-refractivity contribution in [1.29, 1.82) is 0 Å². The average molecular weight is 337 g/mol. The van der Waals surface area contributed by atoms with Crippen LogP contribution in [0.25, 0.3) is 0 Å². The summed E-state index contributed by atoms with van der Waals surface area (Å²) in [6.07, 6.45) is 0. The fraction of sp³-hybridized carbons (Fsp3) is 0.333. The third-order valence-corrected chi connectivity index (χ3v) is 4.25. The molecule has 100 valence electrons. The summed E-state index contributed by atoms with van der Waals surface area (Å²) in [6, 6.07) is 8.45. The Hall–Kier alpha value is -0.870. The number of nitrogens with zero attached hydrogens (tertiary/aromatic N) is 2. The topological polar surface area (TPSA) is 25.8 Å². The van der Waals surface area contributed by atoms with Crippen LogP contribution in [0.3, 0.4) is 0 Å². The summed E-state index contributed by atoms with van der Waals surface area (Å²) in [6.45, 7) is 8.45. The Balaban J connectivity index is 2.32. The molecule has 0 amide bonds. The second-order valence-electron chi connectivity index (χ2n) is 4.91. The van der Waals surface area contributed by atoms with Gasteiger partial charge in [0.15, 0.2) is 0 Å². The van der Waals surface area contributed by atoms with Gasteiger partial charge in [-0.15, -0.1) is 0 Å². The molecule has 0 N–H and O–H groups in total. The maximum Gasteiger partial charge on any atom is 0.133 e. The van der Waals surface area contributed by atoms with E-state index in [0.717, 1.165) is 15.5 Å². The molecule has 0 fully saturated rings. The van der Waals surface area contributed by atoms with Gasteiger partial charge >= 0.3 is 0 Å². The molecule has 2 rings (SSSR count). The average Bonchev–Trinajstić information content (AvgIpc) is 2.32. The molecule has 0 bridgehead atoms. The Morgan fingerprint density at radius 3 is 2.47 bits per heavy atom. The van der Waals surface area contributed by atoms with Crippen molar-refractivity contribution in [3.05, 3.63) is 45.8 Å². The molecule has 0 saturated carbocycles. The zero-order valence-electron chi connectivity index (χ0n) is 11.6. The van der Waals surface area contributed by atoms with Crippen molar-refractivity contribution in [2.45, 2.75) is 43.5 Å². The number of aromatic nitrogens is 2. The van der Waals surface area contributed by atoms with Gasteiger partial charge in [-0.2, -0.15) is 0 Å². The normalized spacial score (nSPS) is 11.1. The maximum atomic E-state index is 4.61. The van der Waals surface area contributed by atoms with Gasteiger partial charge in [0.1, 0.15) is 15.5 Å². The lowest BCUT2D eigenvalue weighted by Gasteiger charge is -2.09. The number of rotatable bonds is 3. The molecule has 1 aromatic heterocycles. The van der Waals surface area contributed by atoms with Gasteiger partial charge in [-0.25, -0.2) is 9.97 Å². The summed E-state index contributed by atoms with van der Waals surface area (Å²) in [5.74, 6) is 1.21. The minimum atomic E-state index is 0.330. The largest absolute Gasteiger partial charge is 0.226 e. The van der Waals surface area contributed by atoms with Crippen molar-refractivity contribution in [3.63, 3.8) is 0 Å². The maximum absolute atomic E-state index is 4.61. The first-order valence-corrected chi connectivity index (χ1v) is 7.86. The molecule has 2 aromatic rings. The van der Waals surface area contributed by atoms with Gasteiger partial charge in [0.05, 0.1) is 0 Å². The summed E-state index contributed by atoms with van der Waals surface area (Å²) < 4.78 is 0.846. The van der Waals surface area contributed by atoms with Crippen LogP contribution in [0.2, 0.25) is 0 Å². The van der Waals surface area contributed by atoms with Gasteiger partial charge in [-0.1, -0.05) is 43.3 Å². The van der Waals surface area contributed by atoms with Gasteiger partial charge in [0.2, 0.25) is 0 Å². The number of aryl methyl sites for hydroxylation is 2. The predicted octanol–water partition coefficient (Wildman–Crippen LogP) is 5.13. The smallest absolute Gasteiger partial charge is 0.133 e. The highest BCUT2D eigenvalue weighted by Gasteiger charge is 2.09. The number of hydrogen-bond acceptors (Lipinski definition) is 3. The van der Waals surface area contributed by atoms with Crippen LogP contribution < -0.4 is 0 Å². The Morgan fingerprint density at radius 2 is 1.84 bits per heavy atom. The SMILES string of the molecule is Cc1ccc(Sc2cc(Br)nc(C(C)C)n2)c(C)c1. The van der Waals surface area contributed by atoms with E-state index in [4.69, 9.17) is 0 Å². The molecule has 0 atom stereocenters. The highest BCUT2D eigenvalue weighted by atomic mass is 79.9. The lowest BCUT2D eigenvalue weighted by atomic mass is 10.2. The molecule has 0 unspecified atom stereocenters. The number of benzene rings is 1. The first-order chi connectivity index (χ1) is 8.95. The van der Waals surface area contributed by atoms with Crippen LogP contribution in [0.1, 0.15) is 36.7 Å². The van der Waals surface area contributed by atoms with Crippen molar-refractivity contribution in [2.75, 3.05) is 0 Å². The first kappa shape index (κ1) is 14.5. The first-order valence-electron chi connectivity index (χ1n) is 6.25. The lowest BCUT2D eigenvalue weighted by Crippen LogP contribution is -1.99. The molecular weight excluding hydrogens is 320 g/mol. The van der Waals surface area contributed by atoms with E-state index in [9.17, 15) is 0 Å². The quantitative estimate of drug-likeness (QED) is 0.726. The Kier molecular flexibility index (Phi) is 4.63. The third kappa shape index (κ3) is 3.80. The van der Waals surface area contributed by atoms with Gasteiger partial charge in [0.25, 0.3) is 0 Å². The van der Waals surface area contributed by atoms with Crippen molar-refractivity contribution in [3.8, 4) is 0 Å². The molecule has 0 aliphatic rings. The number of hydrogen-bond donors (Lipinski definition) is 0. The van der Waals surface area contributed by atoms with E-state index in [-0.39, 0.29) is 0 Å². The van der Waals surface area contributed by atoms with E-state index in [0.29, 0.717) is 5.92 Å².